The van der Waals surface area contributed by atoms with E-state index in [0.717, 1.165) is 31.2 Å². The van der Waals surface area contributed by atoms with Crippen LogP contribution in [0.3, 0.4) is 0 Å². The molecule has 1 atom stereocenters. The Labute approximate surface area is 132 Å². The summed E-state index contributed by atoms with van der Waals surface area (Å²) < 4.78 is 27.3. The standard InChI is InChI=1S/C15H23ClN2O2S/c1-12-6-4-3-5-9-18(12)21(19,20)14-8-7-13(11-17-2)15(16)10-14/h7-8,10,12,17H,3-6,9,11H2,1-2H3. The summed E-state index contributed by atoms with van der Waals surface area (Å²) in [6.07, 6.45) is 4.03. The third kappa shape index (κ3) is 3.77. The summed E-state index contributed by atoms with van der Waals surface area (Å²) in [4.78, 5) is 0.293. The van der Waals surface area contributed by atoms with Crippen molar-refractivity contribution >= 4 is 21.6 Å². The number of nitrogens with zero attached hydrogens (tertiary/aromatic N) is 1. The lowest BCUT2D eigenvalue weighted by Crippen LogP contribution is -2.38. The van der Waals surface area contributed by atoms with Crippen LogP contribution in [-0.2, 0) is 16.6 Å². The van der Waals surface area contributed by atoms with Gasteiger partial charge in [-0.3, -0.25) is 0 Å². The fraction of sp³-hybridized carbons (Fsp3) is 0.600. The van der Waals surface area contributed by atoms with Crippen LogP contribution >= 0.6 is 11.6 Å². The Morgan fingerprint density at radius 3 is 2.76 bits per heavy atom. The van der Waals surface area contributed by atoms with Crippen LogP contribution < -0.4 is 5.32 Å². The van der Waals surface area contributed by atoms with Crippen molar-refractivity contribution in [2.45, 2.75) is 50.1 Å². The first-order chi connectivity index (χ1) is 9.96. The molecular weight excluding hydrogens is 308 g/mol. The van der Waals surface area contributed by atoms with Gasteiger partial charge in [0.15, 0.2) is 0 Å². The Hall–Kier alpha value is -0.620. The van der Waals surface area contributed by atoms with E-state index >= 15 is 0 Å². The van der Waals surface area contributed by atoms with Crippen LogP contribution in [0.15, 0.2) is 23.1 Å². The van der Waals surface area contributed by atoms with E-state index in [-0.39, 0.29) is 6.04 Å². The van der Waals surface area contributed by atoms with Crippen molar-refractivity contribution in [3.63, 3.8) is 0 Å². The van der Waals surface area contributed by atoms with Crippen LogP contribution in [0.4, 0.5) is 0 Å². The molecule has 0 saturated carbocycles. The van der Waals surface area contributed by atoms with E-state index in [9.17, 15) is 8.42 Å². The van der Waals surface area contributed by atoms with Crippen molar-refractivity contribution in [3.05, 3.63) is 28.8 Å². The molecule has 0 aliphatic carbocycles. The molecule has 1 N–H and O–H groups in total. The maximum absolute atomic E-state index is 12.8. The second-order valence-electron chi connectivity index (χ2n) is 5.60. The summed E-state index contributed by atoms with van der Waals surface area (Å²) in [6.45, 7) is 3.21. The summed E-state index contributed by atoms with van der Waals surface area (Å²) in [7, 11) is -1.63. The Kier molecular flexibility index (Phi) is 5.66. The van der Waals surface area contributed by atoms with Crippen molar-refractivity contribution in [1.29, 1.82) is 0 Å². The zero-order chi connectivity index (χ0) is 15.5. The molecule has 1 saturated heterocycles. The molecule has 21 heavy (non-hydrogen) atoms. The predicted molar refractivity (Wildman–Crippen MR) is 86.0 cm³/mol. The number of hydrogen-bond acceptors (Lipinski definition) is 3. The highest BCUT2D eigenvalue weighted by Gasteiger charge is 2.30. The normalized spacial score (nSPS) is 21.2. The average Bonchev–Trinajstić information content (AvgIpc) is 2.66. The van der Waals surface area contributed by atoms with Gasteiger partial charge in [-0.15, -0.1) is 0 Å². The van der Waals surface area contributed by atoms with E-state index in [4.69, 9.17) is 11.6 Å². The Morgan fingerprint density at radius 2 is 2.10 bits per heavy atom. The first-order valence-electron chi connectivity index (χ1n) is 7.41. The van der Waals surface area contributed by atoms with Crippen molar-refractivity contribution in [2.24, 2.45) is 0 Å². The Balaban J connectivity index is 2.32. The van der Waals surface area contributed by atoms with Crippen LogP contribution in [-0.4, -0.2) is 32.4 Å². The maximum Gasteiger partial charge on any atom is 0.243 e. The molecule has 118 valence electrons. The number of benzene rings is 1. The molecule has 1 fully saturated rings. The van der Waals surface area contributed by atoms with Crippen LogP contribution in [0.25, 0.3) is 0 Å². The summed E-state index contributed by atoms with van der Waals surface area (Å²) >= 11 is 6.20. The predicted octanol–water partition coefficient (Wildman–Crippen LogP) is 3.01. The SMILES string of the molecule is CNCc1ccc(S(=O)(=O)N2CCCCCC2C)cc1Cl. The first kappa shape index (κ1) is 16.7. The number of rotatable bonds is 4. The van der Waals surface area contributed by atoms with E-state index in [1.54, 1.807) is 22.5 Å². The lowest BCUT2D eigenvalue weighted by atomic mass is 10.1. The van der Waals surface area contributed by atoms with Gasteiger partial charge in [-0.1, -0.05) is 30.5 Å². The molecular formula is C15H23ClN2O2S. The van der Waals surface area contributed by atoms with Crippen LogP contribution in [0.1, 0.15) is 38.2 Å². The van der Waals surface area contributed by atoms with Crippen molar-refractivity contribution in [1.82, 2.24) is 9.62 Å². The largest absolute Gasteiger partial charge is 0.316 e. The van der Waals surface area contributed by atoms with Gasteiger partial charge in [-0.2, -0.15) is 4.31 Å². The monoisotopic (exact) mass is 330 g/mol. The van der Waals surface area contributed by atoms with Crippen LogP contribution in [0.2, 0.25) is 5.02 Å². The van der Waals surface area contributed by atoms with Crippen molar-refractivity contribution in [2.75, 3.05) is 13.6 Å². The molecule has 1 unspecified atom stereocenters. The van der Waals surface area contributed by atoms with E-state index in [0.29, 0.717) is 23.0 Å². The van der Waals surface area contributed by atoms with Gasteiger partial charge in [0, 0.05) is 24.2 Å². The second kappa shape index (κ2) is 7.09. The molecule has 0 aromatic heterocycles. The fourth-order valence-electron chi connectivity index (χ4n) is 2.76. The molecule has 6 heteroatoms. The lowest BCUT2D eigenvalue weighted by Gasteiger charge is -2.26. The quantitative estimate of drug-likeness (QED) is 0.923. The smallest absolute Gasteiger partial charge is 0.243 e. The fourth-order valence-corrected chi connectivity index (χ4v) is 4.80. The zero-order valence-electron chi connectivity index (χ0n) is 12.6. The second-order valence-corrected chi connectivity index (χ2v) is 7.90. The van der Waals surface area contributed by atoms with E-state index in [2.05, 4.69) is 5.32 Å². The zero-order valence-corrected chi connectivity index (χ0v) is 14.2. The molecule has 1 aromatic carbocycles. The maximum atomic E-state index is 12.8. The highest BCUT2D eigenvalue weighted by molar-refractivity contribution is 7.89. The number of nitrogens with one attached hydrogen (secondary N) is 1. The highest BCUT2D eigenvalue weighted by Crippen LogP contribution is 2.27. The van der Waals surface area contributed by atoms with E-state index in [1.807, 2.05) is 14.0 Å². The molecule has 0 radical (unpaired) electrons. The molecule has 1 aliphatic heterocycles. The van der Waals surface area contributed by atoms with Gasteiger partial charge in [-0.25, -0.2) is 8.42 Å². The molecule has 2 rings (SSSR count). The molecule has 1 aliphatic rings. The number of hydrogen-bond donors (Lipinski definition) is 1. The molecule has 0 amide bonds. The highest BCUT2D eigenvalue weighted by atomic mass is 35.5. The molecule has 4 nitrogen and oxygen atoms in total. The minimum absolute atomic E-state index is 0.0493. The topological polar surface area (TPSA) is 49.4 Å². The third-order valence-electron chi connectivity index (χ3n) is 3.99. The summed E-state index contributed by atoms with van der Waals surface area (Å²) in [5, 5.41) is 3.51. The summed E-state index contributed by atoms with van der Waals surface area (Å²) in [6, 6.07) is 5.06. The number of sulfonamides is 1. The first-order valence-corrected chi connectivity index (χ1v) is 9.23. The minimum Gasteiger partial charge on any atom is -0.316 e. The van der Waals surface area contributed by atoms with Crippen molar-refractivity contribution in [3.8, 4) is 0 Å². The van der Waals surface area contributed by atoms with Crippen LogP contribution in [0, 0.1) is 0 Å². The average molecular weight is 331 g/mol. The van der Waals surface area contributed by atoms with Gasteiger partial charge in [0.1, 0.15) is 0 Å². The van der Waals surface area contributed by atoms with Gasteiger partial charge in [-0.05, 0) is 44.5 Å². The lowest BCUT2D eigenvalue weighted by molar-refractivity contribution is 0.342. The Morgan fingerprint density at radius 1 is 1.33 bits per heavy atom. The summed E-state index contributed by atoms with van der Waals surface area (Å²) in [5.41, 5.74) is 0.905. The van der Waals surface area contributed by atoms with E-state index < -0.39 is 10.0 Å². The van der Waals surface area contributed by atoms with Gasteiger partial charge in [0.25, 0.3) is 0 Å². The molecule has 1 heterocycles. The number of halogens is 1. The summed E-state index contributed by atoms with van der Waals surface area (Å²) in [5.74, 6) is 0. The van der Waals surface area contributed by atoms with Gasteiger partial charge >= 0.3 is 0 Å². The third-order valence-corrected chi connectivity index (χ3v) is 6.35. The van der Waals surface area contributed by atoms with Gasteiger partial charge in [0.05, 0.1) is 4.90 Å². The Bertz CT molecular complexity index is 589. The molecule has 0 bridgehead atoms. The molecule has 1 aromatic rings. The van der Waals surface area contributed by atoms with Gasteiger partial charge in [0.2, 0.25) is 10.0 Å². The van der Waals surface area contributed by atoms with Crippen LogP contribution in [0.5, 0.6) is 0 Å². The van der Waals surface area contributed by atoms with Crippen molar-refractivity contribution < 1.29 is 8.42 Å². The van der Waals surface area contributed by atoms with Gasteiger partial charge < -0.3 is 5.32 Å². The molecule has 0 spiro atoms. The minimum atomic E-state index is -3.46. The van der Waals surface area contributed by atoms with E-state index in [1.165, 1.54) is 0 Å².